The molecular formula is C15H18N4O3S2. The number of anilines is 1. The van der Waals surface area contributed by atoms with E-state index in [1.807, 2.05) is 27.7 Å². The van der Waals surface area contributed by atoms with E-state index in [0.29, 0.717) is 10.7 Å². The molecule has 9 heteroatoms. The highest BCUT2D eigenvalue weighted by atomic mass is 32.2. The number of nitrogens with zero attached hydrogens (tertiary/aromatic N) is 3. The van der Waals surface area contributed by atoms with Crippen LogP contribution in [0.15, 0.2) is 17.0 Å². The number of hydrogen-bond donors (Lipinski definition) is 1. The van der Waals surface area contributed by atoms with E-state index in [-0.39, 0.29) is 10.8 Å². The van der Waals surface area contributed by atoms with Gasteiger partial charge in [0.1, 0.15) is 10.6 Å². The Balaban J connectivity index is 2.03. The van der Waals surface area contributed by atoms with Crippen LogP contribution in [0.2, 0.25) is 0 Å². The molecular weight excluding hydrogens is 348 g/mol. The van der Waals surface area contributed by atoms with Gasteiger partial charge < -0.3 is 4.74 Å². The second-order valence-electron chi connectivity index (χ2n) is 5.57. The molecule has 0 atom stereocenters. The highest BCUT2D eigenvalue weighted by molar-refractivity contribution is 7.92. The van der Waals surface area contributed by atoms with Gasteiger partial charge in [-0.2, -0.15) is 4.98 Å². The summed E-state index contributed by atoms with van der Waals surface area (Å²) in [6, 6.07) is 3.29. The summed E-state index contributed by atoms with van der Waals surface area (Å²) in [6.07, 6.45) is 0. The zero-order chi connectivity index (χ0) is 17.6. The first-order valence-corrected chi connectivity index (χ1v) is 9.53. The van der Waals surface area contributed by atoms with Crippen molar-refractivity contribution in [2.24, 2.45) is 0 Å². The quantitative estimate of drug-likeness (QED) is 0.767. The van der Waals surface area contributed by atoms with Crippen LogP contribution in [0.3, 0.4) is 0 Å². The van der Waals surface area contributed by atoms with Gasteiger partial charge in [-0.05, 0) is 51.0 Å². The van der Waals surface area contributed by atoms with E-state index in [0.717, 1.165) is 21.7 Å². The van der Waals surface area contributed by atoms with Gasteiger partial charge in [-0.15, -0.1) is 5.10 Å². The predicted molar refractivity (Wildman–Crippen MR) is 93.6 cm³/mol. The number of aryl methyl sites for hydroxylation is 4. The SMILES string of the molecule is COc1cc(C)c(C)cc1S(=O)(=O)Nc1nc2sc(C)c(C)n2n1. The van der Waals surface area contributed by atoms with Crippen LogP contribution in [-0.2, 0) is 10.0 Å². The zero-order valence-corrected chi connectivity index (χ0v) is 15.7. The summed E-state index contributed by atoms with van der Waals surface area (Å²) >= 11 is 1.46. The molecule has 0 radical (unpaired) electrons. The van der Waals surface area contributed by atoms with E-state index in [2.05, 4.69) is 14.8 Å². The molecule has 128 valence electrons. The molecule has 7 nitrogen and oxygen atoms in total. The van der Waals surface area contributed by atoms with E-state index < -0.39 is 10.0 Å². The van der Waals surface area contributed by atoms with E-state index in [9.17, 15) is 8.42 Å². The summed E-state index contributed by atoms with van der Waals surface area (Å²) in [7, 11) is -2.41. The first-order valence-electron chi connectivity index (χ1n) is 7.23. The van der Waals surface area contributed by atoms with Crippen LogP contribution < -0.4 is 9.46 Å². The van der Waals surface area contributed by atoms with Gasteiger partial charge in [0.05, 0.1) is 12.8 Å². The molecule has 0 amide bonds. The minimum atomic E-state index is -3.85. The van der Waals surface area contributed by atoms with Gasteiger partial charge in [0.25, 0.3) is 16.0 Å². The Morgan fingerprint density at radius 1 is 1.17 bits per heavy atom. The fourth-order valence-corrected chi connectivity index (χ4v) is 4.37. The summed E-state index contributed by atoms with van der Waals surface area (Å²) in [4.78, 5) is 6.05. The minimum Gasteiger partial charge on any atom is -0.495 e. The molecule has 24 heavy (non-hydrogen) atoms. The van der Waals surface area contributed by atoms with E-state index >= 15 is 0 Å². The molecule has 1 N–H and O–H groups in total. The van der Waals surface area contributed by atoms with Gasteiger partial charge in [0.15, 0.2) is 0 Å². The van der Waals surface area contributed by atoms with Crippen molar-refractivity contribution < 1.29 is 13.2 Å². The first-order chi connectivity index (χ1) is 11.2. The third kappa shape index (κ3) is 2.73. The molecule has 0 spiro atoms. The molecule has 2 aromatic heterocycles. The van der Waals surface area contributed by atoms with Crippen LogP contribution in [-0.4, -0.2) is 30.1 Å². The number of aromatic nitrogens is 3. The molecule has 0 aliphatic heterocycles. The highest BCUT2D eigenvalue weighted by Crippen LogP contribution is 2.29. The molecule has 0 aliphatic rings. The van der Waals surface area contributed by atoms with Gasteiger partial charge in [-0.3, -0.25) is 0 Å². The number of fused-ring (bicyclic) bond motifs is 1. The Hall–Kier alpha value is -2.13. The monoisotopic (exact) mass is 366 g/mol. The van der Waals surface area contributed by atoms with Gasteiger partial charge >= 0.3 is 0 Å². The molecule has 1 aromatic carbocycles. The highest BCUT2D eigenvalue weighted by Gasteiger charge is 2.23. The minimum absolute atomic E-state index is 0.0460. The van der Waals surface area contributed by atoms with Crippen LogP contribution in [0.4, 0.5) is 5.95 Å². The van der Waals surface area contributed by atoms with Crippen molar-refractivity contribution in [3.8, 4) is 5.75 Å². The molecule has 0 fully saturated rings. The molecule has 0 saturated carbocycles. The number of methoxy groups -OCH3 is 1. The van der Waals surface area contributed by atoms with E-state index in [1.54, 1.807) is 16.6 Å². The van der Waals surface area contributed by atoms with Crippen molar-refractivity contribution >= 4 is 32.3 Å². The molecule has 0 saturated heterocycles. The van der Waals surface area contributed by atoms with Crippen molar-refractivity contribution in [2.45, 2.75) is 32.6 Å². The molecule has 0 aliphatic carbocycles. The summed E-state index contributed by atoms with van der Waals surface area (Å²) in [5, 5.41) is 4.22. The van der Waals surface area contributed by atoms with Crippen molar-refractivity contribution in [3.05, 3.63) is 33.8 Å². The number of hydrogen-bond acceptors (Lipinski definition) is 6. The van der Waals surface area contributed by atoms with Crippen molar-refractivity contribution in [1.29, 1.82) is 0 Å². The number of sulfonamides is 1. The number of ether oxygens (including phenoxy) is 1. The molecule has 2 heterocycles. The summed E-state index contributed by atoms with van der Waals surface area (Å²) in [5.74, 6) is 0.336. The third-order valence-electron chi connectivity index (χ3n) is 3.94. The Morgan fingerprint density at radius 2 is 1.83 bits per heavy atom. The third-order valence-corrected chi connectivity index (χ3v) is 6.34. The van der Waals surface area contributed by atoms with Crippen LogP contribution in [0.5, 0.6) is 5.75 Å². The Bertz CT molecular complexity index is 1030. The van der Waals surface area contributed by atoms with Gasteiger partial charge in [0, 0.05) is 4.88 Å². The maximum atomic E-state index is 12.7. The molecule has 0 bridgehead atoms. The lowest BCUT2D eigenvalue weighted by Crippen LogP contribution is -2.15. The Morgan fingerprint density at radius 3 is 2.46 bits per heavy atom. The van der Waals surface area contributed by atoms with Crippen molar-refractivity contribution in [2.75, 3.05) is 11.8 Å². The standard InChI is InChI=1S/C15H18N4O3S2/c1-8-6-12(22-5)13(7-9(8)2)24(20,21)18-14-16-15-19(17-14)10(3)11(4)23-15/h6-7H,1-5H3,(H,17,18). The average molecular weight is 366 g/mol. The van der Waals surface area contributed by atoms with Crippen molar-refractivity contribution in [3.63, 3.8) is 0 Å². The fourth-order valence-electron chi connectivity index (χ4n) is 2.29. The number of rotatable bonds is 4. The van der Waals surface area contributed by atoms with Gasteiger partial charge in [-0.1, -0.05) is 11.3 Å². The van der Waals surface area contributed by atoms with Crippen LogP contribution in [0, 0.1) is 27.7 Å². The van der Waals surface area contributed by atoms with Crippen LogP contribution >= 0.6 is 11.3 Å². The number of benzene rings is 1. The molecule has 0 unspecified atom stereocenters. The van der Waals surface area contributed by atoms with E-state index in [4.69, 9.17) is 4.74 Å². The average Bonchev–Trinajstić information content (AvgIpc) is 3.00. The smallest absolute Gasteiger partial charge is 0.267 e. The maximum absolute atomic E-state index is 12.7. The van der Waals surface area contributed by atoms with Gasteiger partial charge in [-0.25, -0.2) is 17.7 Å². The second kappa shape index (κ2) is 5.75. The molecule has 3 aromatic rings. The Kier molecular flexibility index (Phi) is 4.00. The number of nitrogens with one attached hydrogen (secondary N) is 1. The lowest BCUT2D eigenvalue weighted by Gasteiger charge is -2.12. The maximum Gasteiger partial charge on any atom is 0.267 e. The largest absolute Gasteiger partial charge is 0.495 e. The van der Waals surface area contributed by atoms with E-state index in [1.165, 1.54) is 18.4 Å². The van der Waals surface area contributed by atoms with Crippen molar-refractivity contribution in [1.82, 2.24) is 14.6 Å². The normalized spacial score (nSPS) is 11.9. The summed E-state index contributed by atoms with van der Waals surface area (Å²) < 4.78 is 34.7. The summed E-state index contributed by atoms with van der Waals surface area (Å²) in [5.41, 5.74) is 2.76. The number of thiazole rings is 1. The van der Waals surface area contributed by atoms with Crippen LogP contribution in [0.25, 0.3) is 4.96 Å². The first kappa shape index (κ1) is 16.7. The van der Waals surface area contributed by atoms with Gasteiger partial charge in [0.2, 0.25) is 4.96 Å². The summed E-state index contributed by atoms with van der Waals surface area (Å²) in [6.45, 7) is 7.64. The topological polar surface area (TPSA) is 85.6 Å². The zero-order valence-electron chi connectivity index (χ0n) is 14.0. The second-order valence-corrected chi connectivity index (χ2v) is 8.40. The predicted octanol–water partition coefficient (Wildman–Crippen LogP) is 2.83. The molecule has 3 rings (SSSR count). The fraction of sp³-hybridized carbons (Fsp3) is 0.333. The Labute approximate surface area is 144 Å². The van der Waals surface area contributed by atoms with Crippen LogP contribution in [0.1, 0.15) is 21.7 Å². The lowest BCUT2D eigenvalue weighted by molar-refractivity contribution is 0.402. The lowest BCUT2D eigenvalue weighted by atomic mass is 10.1.